The van der Waals surface area contributed by atoms with Crippen molar-refractivity contribution in [3.05, 3.63) is 76.0 Å². The first-order valence-electron chi connectivity index (χ1n) is 7.89. The second-order valence-electron chi connectivity index (χ2n) is 5.69. The molecule has 4 rings (SSSR count). The standard InChI is InChI=1S/C19H14ClN5O/c20-13-8-6-11(7-9-13)14-10-15(12-4-2-1-3-5-12)22-17-16(14)18(26)24-19(23-17)25-21/h1-10H,21H2,(H2,22,23,24,25,26). The average Bonchev–Trinajstić information content (AvgIpc) is 2.68. The molecule has 7 heteroatoms. The van der Waals surface area contributed by atoms with Crippen molar-refractivity contribution in [1.29, 1.82) is 0 Å². The number of aromatic nitrogens is 3. The summed E-state index contributed by atoms with van der Waals surface area (Å²) in [4.78, 5) is 24.1. The highest BCUT2D eigenvalue weighted by Gasteiger charge is 2.14. The van der Waals surface area contributed by atoms with Crippen LogP contribution in [0.3, 0.4) is 0 Å². The molecule has 0 aliphatic rings. The van der Waals surface area contributed by atoms with E-state index in [4.69, 9.17) is 17.4 Å². The molecule has 2 aromatic carbocycles. The number of hydrazine groups is 1. The molecular formula is C19H14ClN5O. The van der Waals surface area contributed by atoms with Gasteiger partial charge in [-0.3, -0.25) is 15.2 Å². The van der Waals surface area contributed by atoms with E-state index in [-0.39, 0.29) is 11.5 Å². The van der Waals surface area contributed by atoms with Crippen LogP contribution >= 0.6 is 11.6 Å². The molecule has 26 heavy (non-hydrogen) atoms. The SMILES string of the molecule is NNc1nc2nc(-c3ccccc3)cc(-c3ccc(Cl)cc3)c2c(=O)[nH]1. The van der Waals surface area contributed by atoms with Crippen LogP contribution in [0.25, 0.3) is 33.4 Å². The highest BCUT2D eigenvalue weighted by atomic mass is 35.5. The smallest absolute Gasteiger partial charge is 0.262 e. The zero-order valence-corrected chi connectivity index (χ0v) is 14.3. The summed E-state index contributed by atoms with van der Waals surface area (Å²) in [6.07, 6.45) is 0. The van der Waals surface area contributed by atoms with Crippen molar-refractivity contribution in [2.45, 2.75) is 0 Å². The molecule has 0 radical (unpaired) electrons. The largest absolute Gasteiger partial charge is 0.294 e. The van der Waals surface area contributed by atoms with Crippen LogP contribution in [0.4, 0.5) is 5.95 Å². The zero-order chi connectivity index (χ0) is 18.1. The monoisotopic (exact) mass is 363 g/mol. The normalized spacial score (nSPS) is 10.8. The number of aromatic amines is 1. The van der Waals surface area contributed by atoms with Crippen LogP contribution in [0, 0.1) is 0 Å². The van der Waals surface area contributed by atoms with E-state index in [2.05, 4.69) is 20.4 Å². The Balaban J connectivity index is 2.07. The minimum atomic E-state index is -0.319. The Morgan fingerprint density at radius 2 is 1.69 bits per heavy atom. The van der Waals surface area contributed by atoms with Gasteiger partial charge in [-0.05, 0) is 23.8 Å². The number of nitrogens with zero attached hydrogens (tertiary/aromatic N) is 2. The summed E-state index contributed by atoms with van der Waals surface area (Å²) < 4.78 is 0. The van der Waals surface area contributed by atoms with Crippen molar-refractivity contribution in [3.8, 4) is 22.4 Å². The predicted molar refractivity (Wildman–Crippen MR) is 104 cm³/mol. The molecule has 0 fully saturated rings. The molecule has 0 unspecified atom stereocenters. The van der Waals surface area contributed by atoms with E-state index in [0.717, 1.165) is 16.7 Å². The number of nitrogen functional groups attached to an aromatic ring is 1. The lowest BCUT2D eigenvalue weighted by molar-refractivity contribution is 1.10. The van der Waals surface area contributed by atoms with E-state index in [9.17, 15) is 4.79 Å². The van der Waals surface area contributed by atoms with E-state index < -0.39 is 0 Å². The van der Waals surface area contributed by atoms with E-state index in [1.54, 1.807) is 12.1 Å². The lowest BCUT2D eigenvalue weighted by Gasteiger charge is -2.10. The van der Waals surface area contributed by atoms with Gasteiger partial charge in [0.2, 0.25) is 5.95 Å². The van der Waals surface area contributed by atoms with Gasteiger partial charge in [-0.15, -0.1) is 0 Å². The van der Waals surface area contributed by atoms with Crippen LogP contribution in [0.5, 0.6) is 0 Å². The van der Waals surface area contributed by atoms with Crippen LogP contribution in [-0.4, -0.2) is 15.0 Å². The highest BCUT2D eigenvalue weighted by molar-refractivity contribution is 6.30. The maximum absolute atomic E-state index is 12.6. The first-order valence-corrected chi connectivity index (χ1v) is 8.26. The first-order chi connectivity index (χ1) is 12.7. The summed E-state index contributed by atoms with van der Waals surface area (Å²) in [6.45, 7) is 0. The van der Waals surface area contributed by atoms with Gasteiger partial charge in [-0.25, -0.2) is 10.8 Å². The summed E-state index contributed by atoms with van der Waals surface area (Å²) in [6, 6.07) is 18.9. The number of fused-ring (bicyclic) bond motifs is 1. The Kier molecular flexibility index (Phi) is 4.12. The lowest BCUT2D eigenvalue weighted by atomic mass is 10.0. The number of nitrogens with two attached hydrogens (primary N) is 1. The van der Waals surface area contributed by atoms with Gasteiger partial charge in [0.1, 0.15) is 0 Å². The summed E-state index contributed by atoms with van der Waals surface area (Å²) in [5, 5.41) is 1.02. The topological polar surface area (TPSA) is 96.7 Å². The molecule has 0 atom stereocenters. The fraction of sp³-hybridized carbons (Fsp3) is 0. The van der Waals surface area contributed by atoms with Crippen molar-refractivity contribution in [1.82, 2.24) is 15.0 Å². The molecule has 4 aromatic rings. The van der Waals surface area contributed by atoms with Crippen molar-refractivity contribution in [2.75, 3.05) is 5.43 Å². The Labute approximate surface area is 153 Å². The minimum absolute atomic E-state index is 0.155. The van der Waals surface area contributed by atoms with Crippen molar-refractivity contribution in [3.63, 3.8) is 0 Å². The average molecular weight is 364 g/mol. The fourth-order valence-corrected chi connectivity index (χ4v) is 2.95. The van der Waals surface area contributed by atoms with Crippen molar-refractivity contribution >= 4 is 28.6 Å². The summed E-state index contributed by atoms with van der Waals surface area (Å²) in [5.41, 5.74) is 5.56. The van der Waals surface area contributed by atoms with Gasteiger partial charge in [0.05, 0.1) is 11.1 Å². The lowest BCUT2D eigenvalue weighted by Crippen LogP contribution is -2.18. The first kappa shape index (κ1) is 16.3. The Bertz CT molecular complexity index is 1140. The quantitative estimate of drug-likeness (QED) is 0.382. The second kappa shape index (κ2) is 6.59. The molecule has 0 spiro atoms. The van der Waals surface area contributed by atoms with E-state index in [1.165, 1.54) is 0 Å². The molecule has 6 nitrogen and oxygen atoms in total. The number of benzene rings is 2. The minimum Gasteiger partial charge on any atom is -0.294 e. The van der Waals surface area contributed by atoms with Crippen molar-refractivity contribution < 1.29 is 0 Å². The summed E-state index contributed by atoms with van der Waals surface area (Å²) >= 11 is 6.00. The number of halogens is 1. The molecule has 0 aliphatic carbocycles. The third kappa shape index (κ3) is 2.92. The zero-order valence-electron chi connectivity index (χ0n) is 13.5. The van der Waals surface area contributed by atoms with Crippen LogP contribution in [0.2, 0.25) is 5.02 Å². The van der Waals surface area contributed by atoms with E-state index in [0.29, 0.717) is 21.7 Å². The number of nitrogens with one attached hydrogen (secondary N) is 2. The second-order valence-corrected chi connectivity index (χ2v) is 6.12. The van der Waals surface area contributed by atoms with E-state index in [1.807, 2.05) is 48.5 Å². The van der Waals surface area contributed by atoms with Crippen LogP contribution in [0.1, 0.15) is 0 Å². The Morgan fingerprint density at radius 1 is 0.962 bits per heavy atom. The van der Waals surface area contributed by atoms with Gasteiger partial charge in [0, 0.05) is 16.1 Å². The number of H-pyrrole nitrogens is 1. The van der Waals surface area contributed by atoms with Gasteiger partial charge >= 0.3 is 0 Å². The number of hydrogen-bond donors (Lipinski definition) is 3. The molecule has 4 N–H and O–H groups in total. The van der Waals surface area contributed by atoms with Crippen LogP contribution in [-0.2, 0) is 0 Å². The molecular weight excluding hydrogens is 350 g/mol. The number of hydrogen-bond acceptors (Lipinski definition) is 5. The van der Waals surface area contributed by atoms with Gasteiger partial charge in [0.25, 0.3) is 5.56 Å². The van der Waals surface area contributed by atoms with Gasteiger partial charge in [-0.2, -0.15) is 4.98 Å². The fourth-order valence-electron chi connectivity index (χ4n) is 2.82. The molecule has 0 aliphatic heterocycles. The molecule has 128 valence electrons. The van der Waals surface area contributed by atoms with Gasteiger partial charge in [-0.1, -0.05) is 54.1 Å². The molecule has 0 amide bonds. The number of rotatable bonds is 3. The molecule has 0 saturated carbocycles. The predicted octanol–water partition coefficient (Wildman–Crippen LogP) is 3.59. The molecule has 0 saturated heterocycles. The number of anilines is 1. The molecule has 0 bridgehead atoms. The van der Waals surface area contributed by atoms with E-state index >= 15 is 0 Å². The Hall–Kier alpha value is -3.22. The number of pyridine rings is 1. The third-order valence-corrected chi connectivity index (χ3v) is 4.29. The maximum Gasteiger partial charge on any atom is 0.262 e. The van der Waals surface area contributed by atoms with Crippen LogP contribution in [0.15, 0.2) is 65.5 Å². The maximum atomic E-state index is 12.6. The third-order valence-electron chi connectivity index (χ3n) is 4.04. The summed E-state index contributed by atoms with van der Waals surface area (Å²) in [5.74, 6) is 5.55. The summed E-state index contributed by atoms with van der Waals surface area (Å²) in [7, 11) is 0. The highest BCUT2D eigenvalue weighted by Crippen LogP contribution is 2.30. The Morgan fingerprint density at radius 3 is 2.38 bits per heavy atom. The van der Waals surface area contributed by atoms with Crippen LogP contribution < -0.4 is 16.8 Å². The molecule has 2 heterocycles. The van der Waals surface area contributed by atoms with Crippen molar-refractivity contribution in [2.24, 2.45) is 5.84 Å². The van der Waals surface area contributed by atoms with Gasteiger partial charge in [0.15, 0.2) is 5.65 Å². The molecule has 2 aromatic heterocycles. The van der Waals surface area contributed by atoms with Gasteiger partial charge < -0.3 is 0 Å².